The van der Waals surface area contributed by atoms with Gasteiger partial charge in [-0.25, -0.2) is 4.39 Å². The Morgan fingerprint density at radius 3 is 2.29 bits per heavy atom. The molecule has 4 rings (SSSR count). The number of nitrogens with zero attached hydrogens (tertiary/aromatic N) is 2. The number of para-hydroxylation sites is 2. The van der Waals surface area contributed by atoms with Gasteiger partial charge < -0.3 is 21.9 Å². The van der Waals surface area contributed by atoms with Crippen molar-refractivity contribution >= 4 is 5.69 Å². The van der Waals surface area contributed by atoms with E-state index >= 15 is 0 Å². The third-order valence-electron chi connectivity index (χ3n) is 6.75. The van der Waals surface area contributed by atoms with Gasteiger partial charge in [0.2, 0.25) is 0 Å². The Kier molecular flexibility index (Phi) is 11.9. The molecule has 0 amide bonds. The van der Waals surface area contributed by atoms with Crippen LogP contribution in [0.4, 0.5) is 10.1 Å². The van der Waals surface area contributed by atoms with E-state index in [9.17, 15) is 4.39 Å². The van der Waals surface area contributed by atoms with Crippen LogP contribution < -0.4 is 33.8 Å². The molecule has 184 valence electrons. The first-order chi connectivity index (χ1) is 16.5. The van der Waals surface area contributed by atoms with E-state index < -0.39 is 0 Å². The van der Waals surface area contributed by atoms with Crippen molar-refractivity contribution in [3.05, 3.63) is 91.3 Å². The third kappa shape index (κ3) is 7.64. The van der Waals surface area contributed by atoms with Crippen molar-refractivity contribution in [2.75, 3.05) is 38.2 Å². The van der Waals surface area contributed by atoms with Gasteiger partial charge in [0.1, 0.15) is 11.6 Å². The maximum Gasteiger partial charge on any atom is 1.00 e. The quantitative estimate of drug-likeness (QED) is 0.497. The molecule has 2 aliphatic heterocycles. The average molecular weight is 472 g/mol. The van der Waals surface area contributed by atoms with Crippen molar-refractivity contribution in [1.82, 2.24) is 10.2 Å². The Balaban J connectivity index is 0.000000804. The minimum Gasteiger partial charge on any atom is -0.495 e. The summed E-state index contributed by atoms with van der Waals surface area (Å²) in [4.78, 5) is 4.95. The smallest absolute Gasteiger partial charge is 0.495 e. The summed E-state index contributed by atoms with van der Waals surface area (Å²) in [5.74, 6) is 0.731. The summed E-state index contributed by atoms with van der Waals surface area (Å²) in [6.45, 7) is 11.9. The normalized spacial score (nSPS) is 20.2. The van der Waals surface area contributed by atoms with Gasteiger partial charge in [-0.05, 0) is 49.0 Å². The molecule has 2 aromatic rings. The fourth-order valence-corrected chi connectivity index (χ4v) is 4.56. The van der Waals surface area contributed by atoms with Gasteiger partial charge in [-0.1, -0.05) is 49.8 Å². The summed E-state index contributed by atoms with van der Waals surface area (Å²) >= 11 is 0. The molecule has 0 aromatic heterocycles. The molecule has 1 saturated heterocycles. The van der Waals surface area contributed by atoms with Crippen molar-refractivity contribution in [3.63, 3.8) is 0 Å². The molecule has 0 radical (unpaired) electrons. The fourth-order valence-electron chi connectivity index (χ4n) is 4.56. The van der Waals surface area contributed by atoms with Crippen molar-refractivity contribution < 1.29 is 28.0 Å². The molecule has 2 aliphatic rings. The predicted octanol–water partition coefficient (Wildman–Crippen LogP) is 2.62. The van der Waals surface area contributed by atoms with Crippen LogP contribution in [0.5, 0.6) is 5.75 Å². The number of rotatable bonds is 7. The second-order valence-corrected chi connectivity index (χ2v) is 8.93. The number of ether oxygens (including phenoxy) is 1. The van der Waals surface area contributed by atoms with Crippen LogP contribution in [0.3, 0.4) is 0 Å². The van der Waals surface area contributed by atoms with Crippen molar-refractivity contribution in [2.45, 2.75) is 44.7 Å². The maximum absolute atomic E-state index is 13.4. The Bertz CT molecular complexity index is 939. The monoisotopic (exact) mass is 471 g/mol. The average Bonchev–Trinajstić information content (AvgIpc) is 2.90. The number of dihydropyridines is 1. The molecule has 6 heteroatoms. The van der Waals surface area contributed by atoms with Crippen LogP contribution in [-0.2, 0) is 6.42 Å². The van der Waals surface area contributed by atoms with Gasteiger partial charge in [-0.15, -0.1) is 0 Å². The minimum absolute atomic E-state index is 0. The van der Waals surface area contributed by atoms with Gasteiger partial charge in [-0.3, -0.25) is 4.90 Å². The molecule has 35 heavy (non-hydrogen) atoms. The van der Waals surface area contributed by atoms with Crippen LogP contribution in [0.2, 0.25) is 0 Å². The van der Waals surface area contributed by atoms with Crippen LogP contribution in [0.1, 0.15) is 32.3 Å². The summed E-state index contributed by atoms with van der Waals surface area (Å²) in [5, 5.41) is 3.62. The molecular weight excluding hydrogens is 432 g/mol. The Labute approximate surface area is 223 Å². The van der Waals surface area contributed by atoms with Crippen molar-refractivity contribution in [3.8, 4) is 5.75 Å². The number of unbranched alkanes of at least 4 members (excludes halogenated alkanes) is 1. The van der Waals surface area contributed by atoms with E-state index in [4.69, 9.17) is 4.74 Å². The Morgan fingerprint density at radius 1 is 1.06 bits per heavy atom. The first kappa shape index (κ1) is 29.0. The van der Waals surface area contributed by atoms with Crippen molar-refractivity contribution in [1.29, 1.82) is 0 Å². The predicted molar refractivity (Wildman–Crippen MR) is 141 cm³/mol. The third-order valence-corrected chi connectivity index (χ3v) is 6.75. The summed E-state index contributed by atoms with van der Waals surface area (Å²) in [7, 11) is 1.73. The van der Waals surface area contributed by atoms with Gasteiger partial charge in [-0.2, -0.15) is 6.42 Å². The number of anilines is 1. The van der Waals surface area contributed by atoms with E-state index in [2.05, 4.69) is 60.2 Å². The molecule has 1 fully saturated rings. The zero-order valence-electron chi connectivity index (χ0n) is 21.8. The van der Waals surface area contributed by atoms with Crippen LogP contribution in [0.25, 0.3) is 0 Å². The van der Waals surface area contributed by atoms with Crippen LogP contribution >= 0.6 is 0 Å². The molecule has 1 N–H and O–H groups in total. The van der Waals surface area contributed by atoms with E-state index in [1.54, 1.807) is 19.2 Å². The molecule has 0 spiro atoms. The molecule has 0 saturated carbocycles. The van der Waals surface area contributed by atoms with Gasteiger partial charge in [0, 0.05) is 38.6 Å². The first-order valence-corrected chi connectivity index (χ1v) is 12.3. The number of hydrogen-bond acceptors (Lipinski definition) is 4. The number of benzene rings is 2. The molecular formula is C29H39FLiN3O. The van der Waals surface area contributed by atoms with E-state index in [1.807, 2.05) is 36.5 Å². The zero-order valence-corrected chi connectivity index (χ0v) is 21.8. The standard InChI is InChI=1S/C25H30FN3O.C4H9.Li/c1-20(25(13-5-6-14-27-25)19-21-9-11-22(26)12-10-21)28-15-17-29(18-16-28)23-7-3-4-8-24(23)30-2;1-3-4-2;/h3-14,20,27H,15-19H2,1-2H3;1,3-4H2,2H3;/q;-1;+1. The summed E-state index contributed by atoms with van der Waals surface area (Å²) in [5.41, 5.74) is 2.06. The molecule has 2 unspecified atom stereocenters. The molecule has 2 heterocycles. The molecule has 0 bridgehead atoms. The molecule has 4 nitrogen and oxygen atoms in total. The molecule has 0 aliphatic carbocycles. The number of piperazine rings is 1. The number of allylic oxidation sites excluding steroid dienone is 2. The number of hydrogen-bond donors (Lipinski definition) is 1. The zero-order chi connectivity index (χ0) is 24.4. The minimum atomic E-state index is -0.223. The number of halogens is 1. The second kappa shape index (κ2) is 14.4. The topological polar surface area (TPSA) is 27.7 Å². The van der Waals surface area contributed by atoms with E-state index in [0.29, 0.717) is 0 Å². The van der Waals surface area contributed by atoms with Gasteiger partial charge in [0.05, 0.1) is 18.3 Å². The summed E-state index contributed by atoms with van der Waals surface area (Å²) in [6, 6.07) is 15.4. The maximum atomic E-state index is 13.4. The Hall–Kier alpha value is -2.19. The van der Waals surface area contributed by atoms with Crippen LogP contribution in [0.15, 0.2) is 73.0 Å². The first-order valence-electron chi connectivity index (χ1n) is 12.3. The molecule has 2 atom stereocenters. The second-order valence-electron chi connectivity index (χ2n) is 8.93. The number of methoxy groups -OCH3 is 1. The largest absolute Gasteiger partial charge is 1.00 e. The fraction of sp³-hybridized carbons (Fsp3) is 0.414. The molecule has 2 aromatic carbocycles. The van der Waals surface area contributed by atoms with E-state index in [0.717, 1.165) is 56.0 Å². The Morgan fingerprint density at radius 2 is 1.71 bits per heavy atom. The van der Waals surface area contributed by atoms with E-state index in [1.165, 1.54) is 6.42 Å². The number of nitrogens with one attached hydrogen (secondary N) is 1. The summed E-state index contributed by atoms with van der Waals surface area (Å²) in [6.07, 6.45) is 11.5. The summed E-state index contributed by atoms with van der Waals surface area (Å²) < 4.78 is 18.9. The van der Waals surface area contributed by atoms with Crippen molar-refractivity contribution in [2.24, 2.45) is 0 Å². The van der Waals surface area contributed by atoms with E-state index in [-0.39, 0.29) is 36.3 Å². The van der Waals surface area contributed by atoms with Gasteiger partial charge in [0.25, 0.3) is 0 Å². The van der Waals surface area contributed by atoms with Crippen LogP contribution in [0, 0.1) is 12.7 Å². The van der Waals surface area contributed by atoms with Gasteiger partial charge >= 0.3 is 18.9 Å². The van der Waals surface area contributed by atoms with Gasteiger partial charge in [0.15, 0.2) is 0 Å². The van der Waals surface area contributed by atoms with Crippen LogP contribution in [-0.4, -0.2) is 49.8 Å². The SMILES string of the molecule is COc1ccccc1N1CCN(C(C)C2(Cc3ccc(F)cc3)C=CC=CN2)CC1.[CH2-]CCC.[Li+].